The number of amides is 1. The van der Waals surface area contributed by atoms with Crippen LogP contribution in [0.5, 0.6) is 0 Å². The average molecular weight is 929 g/mol. The molecule has 0 aromatic heterocycles. The Morgan fingerprint density at radius 1 is 0.379 bits per heavy atom. The largest absolute Gasteiger partial charge is 0.394 e. The standard InChI is InChI=1S/C61H117NO4/c1-3-5-7-9-11-13-15-17-19-21-23-25-26-27-28-29-30-31-32-33-35-36-38-40-42-44-46-48-50-52-54-58(64)56-61(66)62-59(57-63)60(65)55-53-51-49-47-45-43-41-39-37-34-24-22-20-18-16-14-12-10-8-6-4-2/h27-28,45,47,53,55,58-60,63-65H,3-26,29-44,46,48-52,54,56-57H2,1-2H3,(H,62,66)/b28-27-,47-45+,55-53+. The Morgan fingerprint density at radius 3 is 0.970 bits per heavy atom. The van der Waals surface area contributed by atoms with E-state index < -0.39 is 18.2 Å². The van der Waals surface area contributed by atoms with Gasteiger partial charge >= 0.3 is 0 Å². The molecular formula is C61H117NO4. The molecule has 0 fully saturated rings. The Hall–Kier alpha value is -1.43. The van der Waals surface area contributed by atoms with E-state index in [1.165, 1.54) is 263 Å². The summed E-state index contributed by atoms with van der Waals surface area (Å²) in [5.41, 5.74) is 0. The summed E-state index contributed by atoms with van der Waals surface area (Å²) in [4.78, 5) is 12.5. The number of rotatable bonds is 55. The number of allylic oxidation sites excluding steroid dienone is 5. The molecule has 0 saturated carbocycles. The minimum Gasteiger partial charge on any atom is -0.394 e. The predicted molar refractivity (Wildman–Crippen MR) is 291 cm³/mol. The second-order valence-corrected chi connectivity index (χ2v) is 20.6. The first-order valence-electron chi connectivity index (χ1n) is 29.8. The van der Waals surface area contributed by atoms with Gasteiger partial charge in [-0.3, -0.25) is 4.79 Å². The predicted octanol–water partition coefficient (Wildman–Crippen LogP) is 18.6. The van der Waals surface area contributed by atoms with Gasteiger partial charge in [0.25, 0.3) is 0 Å². The van der Waals surface area contributed by atoms with Crippen LogP contribution in [0.1, 0.15) is 322 Å². The quantitative estimate of drug-likeness (QED) is 0.0361. The molecule has 0 aromatic carbocycles. The zero-order chi connectivity index (χ0) is 47.9. The Kier molecular flexibility index (Phi) is 54.9. The van der Waals surface area contributed by atoms with Crippen LogP contribution in [0, 0.1) is 0 Å². The molecule has 0 saturated heterocycles. The van der Waals surface area contributed by atoms with Gasteiger partial charge in [0, 0.05) is 0 Å². The van der Waals surface area contributed by atoms with E-state index in [4.69, 9.17) is 0 Å². The first kappa shape index (κ1) is 64.6. The summed E-state index contributed by atoms with van der Waals surface area (Å²) in [7, 11) is 0. The molecule has 0 spiro atoms. The van der Waals surface area contributed by atoms with Gasteiger partial charge < -0.3 is 20.6 Å². The first-order valence-corrected chi connectivity index (χ1v) is 29.8. The number of aliphatic hydroxyl groups is 3. The van der Waals surface area contributed by atoms with Crippen LogP contribution in [0.2, 0.25) is 0 Å². The Morgan fingerprint density at radius 2 is 0.652 bits per heavy atom. The normalized spacial score (nSPS) is 13.5. The van der Waals surface area contributed by atoms with Gasteiger partial charge in [-0.25, -0.2) is 0 Å². The maximum absolute atomic E-state index is 12.5. The third kappa shape index (κ3) is 52.0. The van der Waals surface area contributed by atoms with Crippen molar-refractivity contribution in [3.05, 3.63) is 36.5 Å². The number of carbonyl (C=O) groups excluding carboxylic acids is 1. The van der Waals surface area contributed by atoms with Crippen molar-refractivity contribution < 1.29 is 20.1 Å². The van der Waals surface area contributed by atoms with Crippen LogP contribution in [-0.4, -0.2) is 46.1 Å². The lowest BCUT2D eigenvalue weighted by Crippen LogP contribution is -2.45. The molecule has 5 nitrogen and oxygen atoms in total. The summed E-state index contributed by atoms with van der Waals surface area (Å²) in [6.07, 6.45) is 73.5. The second kappa shape index (κ2) is 56.2. The van der Waals surface area contributed by atoms with Crippen molar-refractivity contribution in [3.8, 4) is 0 Å². The van der Waals surface area contributed by atoms with Crippen molar-refractivity contribution in [2.75, 3.05) is 6.61 Å². The summed E-state index contributed by atoms with van der Waals surface area (Å²) in [6, 6.07) is -0.761. The van der Waals surface area contributed by atoms with Crippen molar-refractivity contribution in [2.24, 2.45) is 0 Å². The van der Waals surface area contributed by atoms with E-state index in [0.717, 1.165) is 32.1 Å². The van der Waals surface area contributed by atoms with Gasteiger partial charge in [0.1, 0.15) is 0 Å². The first-order chi connectivity index (χ1) is 32.5. The summed E-state index contributed by atoms with van der Waals surface area (Å²) in [6.45, 7) is 4.24. The molecule has 0 aliphatic rings. The van der Waals surface area contributed by atoms with E-state index in [1.807, 2.05) is 6.08 Å². The summed E-state index contributed by atoms with van der Waals surface area (Å²) >= 11 is 0. The number of hydrogen-bond acceptors (Lipinski definition) is 4. The summed E-state index contributed by atoms with van der Waals surface area (Å²) in [5.74, 6) is -0.321. The third-order valence-corrected chi connectivity index (χ3v) is 13.9. The molecule has 0 aromatic rings. The lowest BCUT2D eigenvalue weighted by molar-refractivity contribution is -0.124. The highest BCUT2D eigenvalue weighted by Gasteiger charge is 2.20. The molecule has 1 amide bonds. The van der Waals surface area contributed by atoms with Gasteiger partial charge in [0.2, 0.25) is 5.91 Å². The van der Waals surface area contributed by atoms with Crippen LogP contribution >= 0.6 is 0 Å². The van der Waals surface area contributed by atoms with E-state index >= 15 is 0 Å². The number of aliphatic hydroxyl groups excluding tert-OH is 3. The molecule has 390 valence electrons. The van der Waals surface area contributed by atoms with Crippen LogP contribution in [-0.2, 0) is 4.79 Å². The lowest BCUT2D eigenvalue weighted by Gasteiger charge is -2.21. The monoisotopic (exact) mass is 928 g/mol. The molecule has 0 aliphatic heterocycles. The molecule has 0 bridgehead atoms. The lowest BCUT2D eigenvalue weighted by atomic mass is 10.0. The minimum absolute atomic E-state index is 0.00793. The molecule has 5 heteroatoms. The highest BCUT2D eigenvalue weighted by Crippen LogP contribution is 2.17. The third-order valence-electron chi connectivity index (χ3n) is 13.9. The smallest absolute Gasteiger partial charge is 0.222 e. The van der Waals surface area contributed by atoms with Crippen molar-refractivity contribution in [3.63, 3.8) is 0 Å². The van der Waals surface area contributed by atoms with E-state index in [9.17, 15) is 20.1 Å². The van der Waals surface area contributed by atoms with Gasteiger partial charge in [0.15, 0.2) is 0 Å². The van der Waals surface area contributed by atoms with Crippen molar-refractivity contribution in [1.29, 1.82) is 0 Å². The number of unbranched alkanes of at least 4 members (excludes halogenated alkanes) is 42. The van der Waals surface area contributed by atoms with Gasteiger partial charge in [0.05, 0.1) is 31.3 Å². The van der Waals surface area contributed by atoms with E-state index in [0.29, 0.717) is 6.42 Å². The van der Waals surface area contributed by atoms with Crippen LogP contribution in [0.4, 0.5) is 0 Å². The van der Waals surface area contributed by atoms with Gasteiger partial charge in [-0.05, 0) is 57.8 Å². The SMILES string of the molecule is CCCCCCCCCCCCCC/C=C\CCCCCCCCCCCCCCCCC(O)CC(=O)NC(CO)C(O)/C=C/CC/C=C/CCCCCCCCCCCCCCCCC. The number of carbonyl (C=O) groups is 1. The summed E-state index contributed by atoms with van der Waals surface area (Å²) < 4.78 is 0. The fourth-order valence-corrected chi connectivity index (χ4v) is 9.35. The van der Waals surface area contributed by atoms with E-state index in [2.05, 4.69) is 43.5 Å². The van der Waals surface area contributed by atoms with Crippen LogP contribution < -0.4 is 5.32 Å². The van der Waals surface area contributed by atoms with Gasteiger partial charge in [-0.15, -0.1) is 0 Å². The van der Waals surface area contributed by atoms with Gasteiger partial charge in [-0.1, -0.05) is 294 Å². The molecule has 3 atom stereocenters. The zero-order valence-electron chi connectivity index (χ0n) is 44.6. The van der Waals surface area contributed by atoms with E-state index in [1.54, 1.807) is 6.08 Å². The van der Waals surface area contributed by atoms with Crippen LogP contribution in [0.25, 0.3) is 0 Å². The Bertz CT molecular complexity index is 1020. The highest BCUT2D eigenvalue weighted by molar-refractivity contribution is 5.76. The Balaban J connectivity index is 3.56. The Labute approximate surface area is 413 Å². The molecule has 3 unspecified atom stereocenters. The molecule has 0 rings (SSSR count). The number of nitrogens with one attached hydrogen (secondary N) is 1. The maximum Gasteiger partial charge on any atom is 0.222 e. The fourth-order valence-electron chi connectivity index (χ4n) is 9.35. The van der Waals surface area contributed by atoms with E-state index in [-0.39, 0.29) is 18.9 Å². The van der Waals surface area contributed by atoms with Crippen LogP contribution in [0.3, 0.4) is 0 Å². The van der Waals surface area contributed by atoms with Crippen molar-refractivity contribution in [2.45, 2.75) is 340 Å². The molecule has 0 radical (unpaired) electrons. The number of hydrogen-bond donors (Lipinski definition) is 4. The molecule has 4 N–H and O–H groups in total. The zero-order valence-corrected chi connectivity index (χ0v) is 44.6. The van der Waals surface area contributed by atoms with Gasteiger partial charge in [-0.2, -0.15) is 0 Å². The molecular weight excluding hydrogens is 811 g/mol. The van der Waals surface area contributed by atoms with Crippen LogP contribution in [0.15, 0.2) is 36.5 Å². The topological polar surface area (TPSA) is 89.8 Å². The molecule has 0 heterocycles. The van der Waals surface area contributed by atoms with Crippen molar-refractivity contribution >= 4 is 5.91 Å². The fraction of sp³-hybridized carbons (Fsp3) is 0.885. The highest BCUT2D eigenvalue weighted by atomic mass is 16.3. The molecule has 66 heavy (non-hydrogen) atoms. The van der Waals surface area contributed by atoms with Crippen molar-refractivity contribution in [1.82, 2.24) is 5.32 Å². The molecule has 0 aliphatic carbocycles. The minimum atomic E-state index is -0.952. The maximum atomic E-state index is 12.5. The average Bonchev–Trinajstić information content (AvgIpc) is 3.31. The second-order valence-electron chi connectivity index (χ2n) is 20.6. The summed E-state index contributed by atoms with van der Waals surface area (Å²) in [5, 5.41) is 33.5.